The topological polar surface area (TPSA) is 85.1 Å². The van der Waals surface area contributed by atoms with Crippen molar-refractivity contribution in [2.24, 2.45) is 5.92 Å². The molecule has 7 nitrogen and oxygen atoms in total. The zero-order valence-electron chi connectivity index (χ0n) is 17.4. The van der Waals surface area contributed by atoms with Gasteiger partial charge in [0.2, 0.25) is 0 Å². The maximum atomic E-state index is 14.2. The number of halogens is 2. The Morgan fingerprint density at radius 2 is 2.16 bits per heavy atom. The second kappa shape index (κ2) is 7.75. The average molecular weight is 439 g/mol. The molecule has 2 unspecified atom stereocenters. The number of hydrogen-bond donors (Lipinski definition) is 2. The minimum atomic E-state index is -2.76. The van der Waals surface area contributed by atoms with Crippen LogP contribution in [0.25, 0.3) is 22.5 Å². The van der Waals surface area contributed by atoms with Crippen molar-refractivity contribution < 1.29 is 18.6 Å². The lowest BCUT2D eigenvalue weighted by Crippen LogP contribution is -2.51. The molecule has 0 spiro atoms. The van der Waals surface area contributed by atoms with Crippen molar-refractivity contribution in [1.82, 2.24) is 24.8 Å². The molecule has 2 bridgehead atoms. The molecule has 2 aliphatic rings. The highest BCUT2D eigenvalue weighted by atomic mass is 19.3. The van der Waals surface area contributed by atoms with Crippen LogP contribution in [-0.4, -0.2) is 55.8 Å². The summed E-state index contributed by atoms with van der Waals surface area (Å²) in [5, 5.41) is 13.5. The van der Waals surface area contributed by atoms with Gasteiger partial charge >= 0.3 is 0 Å². The Bertz CT molecular complexity index is 1130. The molecule has 2 aliphatic heterocycles. The summed E-state index contributed by atoms with van der Waals surface area (Å²) in [5.41, 5.74) is 2.96. The minimum Gasteiger partial charge on any atom is -0.507 e. The fourth-order valence-corrected chi connectivity index (χ4v) is 4.80. The van der Waals surface area contributed by atoms with Crippen molar-refractivity contribution >= 4 is 5.57 Å². The zero-order valence-corrected chi connectivity index (χ0v) is 17.4. The first-order chi connectivity index (χ1) is 15.4. The van der Waals surface area contributed by atoms with E-state index in [0.717, 1.165) is 5.69 Å². The predicted molar refractivity (Wildman–Crippen MR) is 114 cm³/mol. The van der Waals surface area contributed by atoms with Gasteiger partial charge in [-0.2, -0.15) is 0 Å². The van der Waals surface area contributed by atoms with Crippen LogP contribution in [0.1, 0.15) is 18.5 Å². The molecular formula is C23H23F2N5O2. The number of benzene rings is 1. The Labute approximate surface area is 183 Å². The van der Waals surface area contributed by atoms with Crippen LogP contribution in [0.4, 0.5) is 8.78 Å². The highest BCUT2D eigenvalue weighted by Crippen LogP contribution is 2.45. The summed E-state index contributed by atoms with van der Waals surface area (Å²) < 4.78 is 35.8. The minimum absolute atomic E-state index is 0.0636. The lowest BCUT2D eigenvalue weighted by atomic mass is 9.82. The maximum Gasteiger partial charge on any atom is 0.264 e. The Hall–Kier alpha value is -3.17. The van der Waals surface area contributed by atoms with Gasteiger partial charge in [-0.15, -0.1) is 0 Å². The molecule has 4 heterocycles. The van der Waals surface area contributed by atoms with Gasteiger partial charge in [0.25, 0.3) is 5.92 Å². The smallest absolute Gasteiger partial charge is 0.264 e. The van der Waals surface area contributed by atoms with Crippen molar-refractivity contribution in [3.05, 3.63) is 61.6 Å². The van der Waals surface area contributed by atoms with Gasteiger partial charge in [-0.1, -0.05) is 6.58 Å². The molecule has 0 amide bonds. The first kappa shape index (κ1) is 20.7. The van der Waals surface area contributed by atoms with Gasteiger partial charge in [0.15, 0.2) is 0 Å². The zero-order chi connectivity index (χ0) is 22.5. The number of methoxy groups -OCH3 is 1. The number of piperidine rings is 1. The van der Waals surface area contributed by atoms with E-state index in [1.807, 2.05) is 6.07 Å². The fourth-order valence-electron chi connectivity index (χ4n) is 4.80. The van der Waals surface area contributed by atoms with E-state index in [0.29, 0.717) is 22.5 Å². The molecule has 4 atom stereocenters. The van der Waals surface area contributed by atoms with Gasteiger partial charge in [0, 0.05) is 49.5 Å². The van der Waals surface area contributed by atoms with E-state index in [1.165, 1.54) is 7.11 Å². The molecule has 32 heavy (non-hydrogen) atoms. The van der Waals surface area contributed by atoms with Gasteiger partial charge in [0.05, 0.1) is 47.9 Å². The molecule has 0 saturated carbocycles. The second-order valence-electron chi connectivity index (χ2n) is 8.32. The van der Waals surface area contributed by atoms with Crippen LogP contribution < -0.4 is 5.32 Å². The number of fused-ring (bicyclic) bond motifs is 2. The molecule has 9 heteroatoms. The number of aromatic nitrogens is 4. The summed E-state index contributed by atoms with van der Waals surface area (Å²) in [6, 6.07) is 3.92. The van der Waals surface area contributed by atoms with Crippen LogP contribution in [0.2, 0.25) is 0 Å². The van der Waals surface area contributed by atoms with E-state index in [1.54, 1.807) is 47.8 Å². The average Bonchev–Trinajstić information content (AvgIpc) is 3.40. The Morgan fingerprint density at radius 1 is 1.31 bits per heavy atom. The van der Waals surface area contributed by atoms with Crippen molar-refractivity contribution in [2.45, 2.75) is 37.0 Å². The Morgan fingerprint density at radius 3 is 2.81 bits per heavy atom. The first-order valence-electron chi connectivity index (χ1n) is 10.4. The summed E-state index contributed by atoms with van der Waals surface area (Å²) >= 11 is 0. The highest BCUT2D eigenvalue weighted by Gasteiger charge is 2.57. The predicted octanol–water partition coefficient (Wildman–Crippen LogP) is 3.45. The number of alkyl halides is 2. The molecule has 0 radical (unpaired) electrons. The maximum absolute atomic E-state index is 14.2. The molecule has 3 aromatic rings. The van der Waals surface area contributed by atoms with Crippen LogP contribution >= 0.6 is 0 Å². The van der Waals surface area contributed by atoms with Crippen LogP contribution in [0, 0.1) is 5.92 Å². The van der Waals surface area contributed by atoms with Gasteiger partial charge in [0.1, 0.15) is 5.75 Å². The summed E-state index contributed by atoms with van der Waals surface area (Å²) in [7, 11) is 1.54. The number of phenols is 1. The Balaban J connectivity index is 1.37. The third kappa shape index (κ3) is 3.47. The van der Waals surface area contributed by atoms with Gasteiger partial charge in [-0.05, 0) is 24.1 Å². The molecule has 166 valence electrons. The highest BCUT2D eigenvalue weighted by molar-refractivity contribution is 5.69. The molecule has 2 N–H and O–H groups in total. The summed E-state index contributed by atoms with van der Waals surface area (Å²) in [6.07, 6.45) is 7.78. The second-order valence-corrected chi connectivity index (χ2v) is 8.32. The van der Waals surface area contributed by atoms with E-state index in [-0.39, 0.29) is 24.5 Å². The normalized spacial score (nSPS) is 26.2. The molecule has 5 rings (SSSR count). The summed E-state index contributed by atoms with van der Waals surface area (Å²) in [4.78, 5) is 12.9. The van der Waals surface area contributed by atoms with E-state index in [4.69, 9.17) is 4.74 Å². The number of aromatic hydroxyl groups is 1. The standard InChI is InChI=1S/C23H23F2N5O2/c1-13(16-8-21-23(24,25)9-17(29-21)22(16)32-2)18-10-28-19(11-27-18)15-4-3-14(7-20(15)31)30-6-5-26-12-30/h3-7,10-12,16-17,21-22,29,31H,1,8-9H2,2H3/t16-,17?,21?,22-/m1/s1. The van der Waals surface area contributed by atoms with Gasteiger partial charge in [-0.25, -0.2) is 13.8 Å². The number of phenolic OH excluding ortho intramolecular Hbond substituents is 1. The number of hydrogen-bond acceptors (Lipinski definition) is 6. The van der Waals surface area contributed by atoms with Crippen LogP contribution in [0.3, 0.4) is 0 Å². The molecule has 0 aliphatic carbocycles. The van der Waals surface area contributed by atoms with E-state index >= 15 is 0 Å². The van der Waals surface area contributed by atoms with Crippen LogP contribution in [0.15, 0.2) is 55.9 Å². The largest absolute Gasteiger partial charge is 0.507 e. The van der Waals surface area contributed by atoms with E-state index in [2.05, 4.69) is 26.8 Å². The summed E-state index contributed by atoms with van der Waals surface area (Å²) in [5.74, 6) is -2.98. The first-order valence-corrected chi connectivity index (χ1v) is 10.4. The van der Waals surface area contributed by atoms with E-state index < -0.39 is 24.1 Å². The van der Waals surface area contributed by atoms with Crippen LogP contribution in [0.5, 0.6) is 5.75 Å². The lowest BCUT2D eigenvalue weighted by molar-refractivity contribution is -0.0153. The quantitative estimate of drug-likeness (QED) is 0.634. The number of nitrogens with one attached hydrogen (secondary N) is 1. The van der Waals surface area contributed by atoms with Crippen molar-refractivity contribution in [3.8, 4) is 22.7 Å². The number of ether oxygens (including phenoxy) is 1. The molecule has 2 saturated heterocycles. The summed E-state index contributed by atoms with van der Waals surface area (Å²) in [6.45, 7) is 4.14. The lowest BCUT2D eigenvalue weighted by Gasteiger charge is -2.37. The molecule has 2 aromatic heterocycles. The number of rotatable bonds is 5. The van der Waals surface area contributed by atoms with Crippen molar-refractivity contribution in [3.63, 3.8) is 0 Å². The van der Waals surface area contributed by atoms with Gasteiger partial charge in [-0.3, -0.25) is 9.97 Å². The van der Waals surface area contributed by atoms with Crippen molar-refractivity contribution in [2.75, 3.05) is 7.11 Å². The molecule has 1 aromatic carbocycles. The number of imidazole rings is 1. The molecular weight excluding hydrogens is 416 g/mol. The van der Waals surface area contributed by atoms with Crippen molar-refractivity contribution in [1.29, 1.82) is 0 Å². The number of nitrogens with zero attached hydrogens (tertiary/aromatic N) is 4. The molecule has 2 fully saturated rings. The fraction of sp³-hybridized carbons (Fsp3) is 0.348. The monoisotopic (exact) mass is 439 g/mol. The van der Waals surface area contributed by atoms with Crippen LogP contribution in [-0.2, 0) is 4.74 Å². The Kier molecular flexibility index (Phi) is 5.02. The third-order valence-corrected chi connectivity index (χ3v) is 6.46. The SMILES string of the molecule is C=C(c1cnc(-c2ccc(-n3ccnc3)cc2O)cn1)[C@H]1CC2NC(CC2(F)F)[C@@H]1OC. The third-order valence-electron chi connectivity index (χ3n) is 6.46. The van der Waals surface area contributed by atoms with E-state index in [9.17, 15) is 13.9 Å². The van der Waals surface area contributed by atoms with Gasteiger partial charge < -0.3 is 19.7 Å².